The van der Waals surface area contributed by atoms with Crippen LogP contribution in [0, 0.1) is 0 Å². The van der Waals surface area contributed by atoms with Crippen LogP contribution in [-0.2, 0) is 11.0 Å². The highest BCUT2D eigenvalue weighted by Gasteiger charge is 2.31. The van der Waals surface area contributed by atoms with Gasteiger partial charge in [-0.15, -0.1) is 0 Å². The number of oxime groups is 1. The fourth-order valence-corrected chi connectivity index (χ4v) is 3.22. The van der Waals surface area contributed by atoms with Gasteiger partial charge in [0.15, 0.2) is 0 Å². The lowest BCUT2D eigenvalue weighted by Gasteiger charge is -2.10. The second kappa shape index (κ2) is 9.11. The number of benzene rings is 2. The third-order valence-corrected chi connectivity index (χ3v) is 4.88. The van der Waals surface area contributed by atoms with Crippen molar-refractivity contribution in [2.45, 2.75) is 16.0 Å². The first-order valence-electron chi connectivity index (χ1n) is 8.13. The Balaban J connectivity index is 1.84. The van der Waals surface area contributed by atoms with Crippen molar-refractivity contribution in [3.05, 3.63) is 88.7 Å². The van der Waals surface area contributed by atoms with Crippen LogP contribution >= 0.6 is 23.4 Å². The lowest BCUT2D eigenvalue weighted by atomic mass is 10.2. The van der Waals surface area contributed by atoms with Gasteiger partial charge in [-0.05, 0) is 42.5 Å². The predicted molar refractivity (Wildman–Crippen MR) is 104 cm³/mol. The molecule has 0 amide bonds. The minimum absolute atomic E-state index is 0.124. The van der Waals surface area contributed by atoms with Crippen molar-refractivity contribution in [2.75, 3.05) is 0 Å². The molecule has 1 heterocycles. The minimum atomic E-state index is -4.54. The van der Waals surface area contributed by atoms with E-state index in [1.807, 2.05) is 0 Å². The molecule has 0 unspecified atom stereocenters. The average molecular weight is 437 g/mol. The summed E-state index contributed by atoms with van der Waals surface area (Å²) in [5.41, 5.74) is -0.480. The molecular weight excluding hydrogens is 425 g/mol. The molecule has 0 aliphatic rings. The quantitative estimate of drug-likeness (QED) is 0.275. The van der Waals surface area contributed by atoms with Gasteiger partial charge in [0, 0.05) is 21.0 Å². The molecule has 3 aromatic rings. The smallest absolute Gasteiger partial charge is 0.313 e. The van der Waals surface area contributed by atoms with Crippen molar-refractivity contribution in [3.63, 3.8) is 0 Å². The Kier molecular flexibility index (Phi) is 6.56. The van der Waals surface area contributed by atoms with Crippen LogP contribution in [0.2, 0.25) is 5.02 Å². The second-order valence-corrected chi connectivity index (χ2v) is 7.19. The van der Waals surface area contributed by atoms with E-state index >= 15 is 0 Å². The summed E-state index contributed by atoms with van der Waals surface area (Å²) in [5.74, 6) is -0.694. The number of rotatable bonds is 5. The third-order valence-electron chi connectivity index (χ3n) is 3.57. The lowest BCUT2D eigenvalue weighted by Crippen LogP contribution is -2.07. The second-order valence-electron chi connectivity index (χ2n) is 5.64. The molecule has 1 aromatic heterocycles. The number of aromatic nitrogens is 1. The highest BCUT2D eigenvalue weighted by Crippen LogP contribution is 2.35. The van der Waals surface area contributed by atoms with Gasteiger partial charge in [0.1, 0.15) is 0 Å². The third kappa shape index (κ3) is 5.82. The summed E-state index contributed by atoms with van der Waals surface area (Å²) in [6.07, 6.45) is -2.75. The largest absolute Gasteiger partial charge is 0.417 e. The Hall–Kier alpha value is -2.84. The Bertz CT molecular complexity index is 1030. The van der Waals surface area contributed by atoms with Crippen LogP contribution in [0.4, 0.5) is 13.2 Å². The zero-order chi connectivity index (χ0) is 20.9. The standard InChI is InChI=1S/C20H12ClF3N2O2S/c21-15-6-8-16(9-7-15)29-18-10-14(20(22,23)24)11-25-17(18)12-26-28-19(27)13-4-2-1-3-5-13/h1-12H. The van der Waals surface area contributed by atoms with Crippen molar-refractivity contribution in [3.8, 4) is 0 Å². The fourth-order valence-electron chi connectivity index (χ4n) is 2.17. The number of halogens is 4. The van der Waals surface area contributed by atoms with Crippen molar-refractivity contribution in [2.24, 2.45) is 5.16 Å². The topological polar surface area (TPSA) is 51.5 Å². The van der Waals surface area contributed by atoms with Crippen LogP contribution in [0.25, 0.3) is 0 Å². The Morgan fingerprint density at radius 2 is 1.79 bits per heavy atom. The van der Waals surface area contributed by atoms with Gasteiger partial charge < -0.3 is 4.84 Å². The molecule has 2 aromatic carbocycles. The Morgan fingerprint density at radius 3 is 2.45 bits per heavy atom. The molecule has 0 N–H and O–H groups in total. The summed E-state index contributed by atoms with van der Waals surface area (Å²) in [7, 11) is 0. The Labute approximate surface area is 173 Å². The van der Waals surface area contributed by atoms with Gasteiger partial charge in [-0.1, -0.05) is 46.7 Å². The van der Waals surface area contributed by atoms with E-state index in [-0.39, 0.29) is 10.6 Å². The van der Waals surface area contributed by atoms with Crippen LogP contribution in [0.3, 0.4) is 0 Å². The molecule has 3 rings (SSSR count). The van der Waals surface area contributed by atoms with Gasteiger partial charge in [-0.25, -0.2) is 4.79 Å². The van der Waals surface area contributed by atoms with Crippen molar-refractivity contribution >= 4 is 35.5 Å². The van der Waals surface area contributed by atoms with Gasteiger partial charge in [0.25, 0.3) is 0 Å². The molecular formula is C20H12ClF3N2O2S. The SMILES string of the molecule is O=C(ON=Cc1ncc(C(F)(F)F)cc1Sc1ccc(Cl)cc1)c1ccccc1. The Morgan fingerprint density at radius 1 is 1.10 bits per heavy atom. The maximum absolute atomic E-state index is 13.1. The maximum Gasteiger partial charge on any atom is 0.417 e. The maximum atomic E-state index is 13.1. The first-order valence-corrected chi connectivity index (χ1v) is 9.33. The summed E-state index contributed by atoms with van der Waals surface area (Å²) in [6, 6.07) is 15.7. The summed E-state index contributed by atoms with van der Waals surface area (Å²) >= 11 is 6.90. The fraction of sp³-hybridized carbons (Fsp3) is 0.0500. The molecule has 0 bridgehead atoms. The lowest BCUT2D eigenvalue weighted by molar-refractivity contribution is -0.138. The van der Waals surface area contributed by atoms with Gasteiger partial charge in [0.2, 0.25) is 0 Å². The zero-order valence-corrected chi connectivity index (χ0v) is 16.1. The van der Waals surface area contributed by atoms with E-state index in [0.29, 0.717) is 21.7 Å². The molecule has 4 nitrogen and oxygen atoms in total. The van der Waals surface area contributed by atoms with E-state index in [0.717, 1.165) is 24.0 Å². The highest BCUT2D eigenvalue weighted by molar-refractivity contribution is 7.99. The van der Waals surface area contributed by atoms with Gasteiger partial charge in [-0.2, -0.15) is 13.2 Å². The van der Waals surface area contributed by atoms with Gasteiger partial charge in [0.05, 0.1) is 23.0 Å². The van der Waals surface area contributed by atoms with Crippen LogP contribution in [0.15, 0.2) is 81.8 Å². The number of carbonyl (C=O) groups excluding carboxylic acids is 1. The molecule has 0 spiro atoms. The molecule has 29 heavy (non-hydrogen) atoms. The van der Waals surface area contributed by atoms with E-state index < -0.39 is 17.7 Å². The average Bonchev–Trinajstić information content (AvgIpc) is 2.70. The highest BCUT2D eigenvalue weighted by atomic mass is 35.5. The monoisotopic (exact) mass is 436 g/mol. The van der Waals surface area contributed by atoms with Crippen molar-refractivity contribution in [1.82, 2.24) is 4.98 Å². The summed E-state index contributed by atoms with van der Waals surface area (Å²) < 4.78 is 39.2. The summed E-state index contributed by atoms with van der Waals surface area (Å²) in [4.78, 5) is 21.4. The molecule has 9 heteroatoms. The normalized spacial score (nSPS) is 11.6. The van der Waals surface area contributed by atoms with Crippen LogP contribution in [-0.4, -0.2) is 17.2 Å². The molecule has 0 radical (unpaired) electrons. The molecule has 0 aliphatic heterocycles. The minimum Gasteiger partial charge on any atom is -0.313 e. The summed E-state index contributed by atoms with van der Waals surface area (Å²) in [5, 5.41) is 4.08. The predicted octanol–water partition coefficient (Wildman–Crippen LogP) is 6.10. The number of alkyl halides is 3. The van der Waals surface area contributed by atoms with Gasteiger partial charge in [-0.3, -0.25) is 4.98 Å². The van der Waals surface area contributed by atoms with E-state index in [2.05, 4.69) is 10.1 Å². The number of hydrogen-bond donors (Lipinski definition) is 0. The van der Waals surface area contributed by atoms with Crippen molar-refractivity contribution < 1.29 is 22.8 Å². The molecule has 0 aliphatic carbocycles. The first-order chi connectivity index (χ1) is 13.8. The van der Waals surface area contributed by atoms with Crippen LogP contribution < -0.4 is 0 Å². The zero-order valence-electron chi connectivity index (χ0n) is 14.6. The van der Waals surface area contributed by atoms with E-state index in [4.69, 9.17) is 16.4 Å². The molecule has 0 atom stereocenters. The summed E-state index contributed by atoms with van der Waals surface area (Å²) in [6.45, 7) is 0. The van der Waals surface area contributed by atoms with Crippen LogP contribution in [0.5, 0.6) is 0 Å². The molecule has 0 saturated heterocycles. The number of pyridine rings is 1. The number of carbonyl (C=O) groups is 1. The molecule has 148 valence electrons. The number of hydrogen-bond acceptors (Lipinski definition) is 5. The van der Waals surface area contributed by atoms with Crippen LogP contribution in [0.1, 0.15) is 21.6 Å². The molecule has 0 saturated carbocycles. The van der Waals surface area contributed by atoms with Crippen molar-refractivity contribution in [1.29, 1.82) is 0 Å². The van der Waals surface area contributed by atoms with E-state index in [1.165, 1.54) is 0 Å². The first kappa shape index (κ1) is 20.9. The van der Waals surface area contributed by atoms with Gasteiger partial charge >= 0.3 is 12.1 Å². The molecule has 0 fully saturated rings. The number of nitrogens with zero attached hydrogens (tertiary/aromatic N) is 2. The van der Waals surface area contributed by atoms with E-state index in [9.17, 15) is 18.0 Å². The van der Waals surface area contributed by atoms with E-state index in [1.54, 1.807) is 54.6 Å².